The second-order valence-corrected chi connectivity index (χ2v) is 42.7. The molecule has 0 spiro atoms. The molecule has 0 nitrogen and oxygen atoms in total. The number of hydrogen-bond donors (Lipinski definition) is 0. The summed E-state index contributed by atoms with van der Waals surface area (Å²) in [5, 5.41) is 0. The second kappa shape index (κ2) is 46.7. The van der Waals surface area contributed by atoms with Crippen LogP contribution in [0.3, 0.4) is 0 Å². The van der Waals surface area contributed by atoms with Gasteiger partial charge in [0.05, 0.1) is 371 Å². The molecule has 0 heterocycles. The van der Waals surface area contributed by atoms with Gasteiger partial charge in [-0.05, 0) is 0 Å². The molecule has 382 valence electrons. The molecule has 0 aromatic heterocycles. The minimum atomic E-state index is 0.445. The van der Waals surface area contributed by atoms with Gasteiger partial charge in [-0.25, -0.2) is 0 Å². The molecule has 0 atom stereocenters. The van der Waals surface area contributed by atoms with Gasteiger partial charge in [0, 0.05) is 301 Å². The molecule has 0 aromatic carbocycles. The van der Waals surface area contributed by atoms with Crippen LogP contribution >= 0.6 is 0 Å². The van der Waals surface area contributed by atoms with E-state index < -0.39 is 0 Å². The topological polar surface area (TPSA) is 0 Å². The fourth-order valence-corrected chi connectivity index (χ4v) is 27.7. The lowest BCUT2D eigenvalue weighted by Crippen LogP contribution is -3.01. The molecule has 0 saturated carbocycles. The van der Waals surface area contributed by atoms with Crippen LogP contribution in [0.4, 0.5) is 0 Å². The third-order valence-corrected chi connectivity index (χ3v) is 28.3. The lowest BCUT2D eigenvalue weighted by Gasteiger charge is -2.62. The van der Waals surface area contributed by atoms with E-state index in [1.165, 1.54) is 7.06 Å². The fourth-order valence-electron chi connectivity index (χ4n) is 27.7. The molecule has 0 rings (SSSR count). The molecule has 0 saturated heterocycles. The minimum absolute atomic E-state index is 0.445. The highest BCUT2D eigenvalue weighted by Gasteiger charge is 2.69. The average molecular weight is 1120 g/mol. The van der Waals surface area contributed by atoms with E-state index in [1.54, 1.807) is 0 Å². The van der Waals surface area contributed by atoms with Crippen LogP contribution in [0, 0.1) is 0 Å². The Balaban J connectivity index is 14.3. The van der Waals surface area contributed by atoms with Crippen molar-refractivity contribution in [3.05, 3.63) is 0 Å². The Labute approximate surface area is 665 Å². The molecule has 0 aliphatic rings. The van der Waals surface area contributed by atoms with Crippen molar-refractivity contribution in [3.63, 3.8) is 0 Å². The molecule has 0 aromatic rings. The molecule has 0 radical (unpaired) electrons. The second-order valence-electron chi connectivity index (χ2n) is 42.7. The summed E-state index contributed by atoms with van der Waals surface area (Å²) in [6, 6.07) is 0. The quantitative estimate of drug-likeness (QED) is 0.0533. The Morgan fingerprint density at radius 1 is 0.0947 bits per heavy atom. The summed E-state index contributed by atoms with van der Waals surface area (Å²) in [5.74, 6) is 0. The zero-order valence-electron chi connectivity index (χ0n) is 75.3. The summed E-state index contributed by atoms with van der Waals surface area (Å²) in [7, 11) is 134. The maximum Gasteiger partial charge on any atom is 0.0594 e. The molecule has 0 aliphatic carbocycles. The van der Waals surface area contributed by atoms with Gasteiger partial charge in [0.15, 0.2) is 0 Å². The molecule has 0 fully saturated rings. The van der Waals surface area contributed by atoms with E-state index in [4.69, 9.17) is 0 Å². The third-order valence-electron chi connectivity index (χ3n) is 28.3. The van der Waals surface area contributed by atoms with Gasteiger partial charge in [0.2, 0.25) is 0 Å². The lowest BCUT2D eigenvalue weighted by atomic mass is 8.18. The van der Waals surface area contributed by atoms with Gasteiger partial charge >= 0.3 is 0 Å². The first-order valence-corrected chi connectivity index (χ1v) is 43.3. The third kappa shape index (κ3) is 27.3. The smallest absolute Gasteiger partial charge is 0.000000166 e. The first kappa shape index (κ1) is 101. The molecule has 0 unspecified atom stereocenters. The van der Waals surface area contributed by atoms with Crippen molar-refractivity contribution in [2.45, 2.75) is 0 Å². The highest BCUT2D eigenvalue weighted by Crippen LogP contribution is 2.30. The van der Waals surface area contributed by atoms with Crippen LogP contribution < -0.4 is 0 Å². The molecular formula is H97B95. The monoisotopic (exact) mass is 1140 g/mol. The Morgan fingerprint density at radius 3 is 0.221 bits per heavy atom. The summed E-state index contributed by atoms with van der Waals surface area (Å²) in [6.07, 6.45) is 24.8. The maximum atomic E-state index is 2.82. The predicted octanol–water partition coefficient (Wildman–Crippen LogP) is -62.1. The Kier molecular flexibility index (Phi) is 49.8. The Morgan fingerprint density at radius 2 is 0.158 bits per heavy atom. The first-order chi connectivity index (χ1) is 43.3. The minimum Gasteiger partial charge on any atom is 0.000000166 e. The van der Waals surface area contributed by atoms with Crippen molar-refractivity contribution in [1.29, 1.82) is 0 Å². The van der Waals surface area contributed by atoms with E-state index in [0.29, 0.717) is 294 Å². The van der Waals surface area contributed by atoms with Crippen LogP contribution in [0.2, 0.25) is 0 Å². The van der Waals surface area contributed by atoms with E-state index in [1.807, 2.05) is 0 Å². The van der Waals surface area contributed by atoms with Crippen LogP contribution in [0.25, 0.3) is 0 Å². The number of rotatable bonds is 46. The van der Waals surface area contributed by atoms with Crippen LogP contribution in [0.1, 0.15) is 0 Å². The lowest BCUT2D eigenvalue weighted by molar-refractivity contribution is 3.13. The van der Waals surface area contributed by atoms with Crippen molar-refractivity contribution in [2.75, 3.05) is 0 Å². The molecular weight excluding hydrogens is 1030 g/mol. The first-order valence-electron chi connectivity index (χ1n) is 43.3. The molecule has 95 heavy (non-hydrogen) atoms. The molecule has 0 aliphatic heterocycles. The van der Waals surface area contributed by atoms with Gasteiger partial charge in [-0.1, -0.05) is 0 Å². The summed E-state index contributed by atoms with van der Waals surface area (Å²) in [5.41, 5.74) is 0. The summed E-state index contributed by atoms with van der Waals surface area (Å²) >= 11 is 0. The van der Waals surface area contributed by atoms with Crippen LogP contribution in [0.5, 0.6) is 0 Å². The average Bonchev–Trinajstić information content (AvgIpc) is 3.36. The highest BCUT2D eigenvalue weighted by atomic mass is 13.5. The van der Waals surface area contributed by atoms with E-state index in [-0.39, 0.29) is 0 Å². The standard InChI is InChI=1S/B95H97/c1-49-73(48)85(72(46)47)91(84(70(42)43)71(44)45)94(90(82(66(34)35)67(36)37)83(68(38)39)69(40)41)95(92(86(74(50(2)3)51(4)5)75(52(6)7)53(8)9)87(76(54(10)11)55(12)13)77(56(14)15)57(16)17)93(88(78(58(18)19)59(20)21)79(60(22)23)61(24)25)89(80(62(26)27)63(28)29)81(64(30)31)65(32)33/h49H,1-48H2. The van der Waals surface area contributed by atoms with Crippen LogP contribution in [0.15, 0.2) is 0 Å². The number of hydrogen-bond acceptors (Lipinski definition) is 0. The van der Waals surface area contributed by atoms with E-state index >= 15 is 0 Å². The van der Waals surface area contributed by atoms with Crippen molar-refractivity contribution >= 4 is 672 Å². The molecule has 0 N–H and O–H groups in total. The van der Waals surface area contributed by atoms with Crippen molar-refractivity contribution in [2.24, 2.45) is 0 Å². The highest BCUT2D eigenvalue weighted by molar-refractivity contribution is 8.43. The van der Waals surface area contributed by atoms with Gasteiger partial charge in [-0.3, -0.25) is 0 Å². The van der Waals surface area contributed by atoms with Gasteiger partial charge in [0.1, 0.15) is 0 Å². The van der Waals surface area contributed by atoms with Crippen molar-refractivity contribution in [3.8, 4) is 0 Å². The maximum absolute atomic E-state index is 2.82. The van der Waals surface area contributed by atoms with Gasteiger partial charge < -0.3 is 0 Å². The van der Waals surface area contributed by atoms with Crippen molar-refractivity contribution in [1.82, 2.24) is 0 Å². The summed E-state index contributed by atoms with van der Waals surface area (Å²) < 4.78 is 0. The summed E-state index contributed by atoms with van der Waals surface area (Å²) in [6.45, 7) is 0. The molecule has 0 bridgehead atoms. The van der Waals surface area contributed by atoms with Gasteiger partial charge in [0.25, 0.3) is 0 Å². The Hall–Kier alpha value is 6.17. The molecule has 0 amide bonds. The zero-order valence-corrected chi connectivity index (χ0v) is 75.3. The van der Waals surface area contributed by atoms with Gasteiger partial charge in [-0.2, -0.15) is 0 Å². The largest absolute Gasteiger partial charge is 0.0594 e. The Bertz CT molecular complexity index is 1570. The SMILES string of the molecule is BBB(B)B(B(B)B)B(B(B(B)B)B(B)B)B(B(B(B(B)B)B(B)B)B(B(B)B)B(B)B)B(B(B(B(B(B)B)B(B)B)B(B(B)B)B(B)B)B(B(B(B)B)B(B)B)B(B(B)B)B(B)B)B(B(B(B(B)B)B(B)B)B(B(B)B)B(B)B)B(B(B(B)B)B(B)B)B(B(B)B)B(B)B. The predicted molar refractivity (Wildman–Crippen MR) is 682 cm³/mol. The normalized spacial score (nSPS) is 9.81. The van der Waals surface area contributed by atoms with Crippen molar-refractivity contribution < 1.29 is 0 Å². The van der Waals surface area contributed by atoms with E-state index in [0.717, 1.165) is 0 Å². The zero-order chi connectivity index (χ0) is 75.3. The van der Waals surface area contributed by atoms with Crippen LogP contribution in [-0.2, 0) is 0 Å². The van der Waals surface area contributed by atoms with E-state index in [9.17, 15) is 0 Å². The van der Waals surface area contributed by atoms with E-state index in [2.05, 4.69) is 371 Å². The fraction of sp³-hybridized carbons (Fsp3) is 0. The molecule has 95 heteroatoms. The summed E-state index contributed by atoms with van der Waals surface area (Å²) in [4.78, 5) is 0. The van der Waals surface area contributed by atoms with Gasteiger partial charge in [-0.15, -0.1) is 0 Å². The van der Waals surface area contributed by atoms with Crippen LogP contribution in [-0.4, -0.2) is 672 Å².